The molecule has 4 heteroatoms. The lowest BCUT2D eigenvalue weighted by Gasteiger charge is -2.25. The van der Waals surface area contributed by atoms with E-state index in [2.05, 4.69) is 19.2 Å². The van der Waals surface area contributed by atoms with Crippen molar-refractivity contribution < 1.29 is 9.84 Å². The highest BCUT2D eigenvalue weighted by Gasteiger charge is 2.17. The first kappa shape index (κ1) is 14.6. The van der Waals surface area contributed by atoms with E-state index in [1.807, 2.05) is 12.1 Å². The first-order valence-electron chi connectivity index (χ1n) is 6.26. The maximum Gasteiger partial charge on any atom is 0.122 e. The van der Waals surface area contributed by atoms with Crippen LogP contribution in [0, 0.1) is 5.41 Å². The van der Waals surface area contributed by atoms with Crippen molar-refractivity contribution in [1.82, 2.24) is 0 Å². The Hall–Kier alpha value is -1.42. The minimum atomic E-state index is 0.139. The highest BCUT2D eigenvalue weighted by molar-refractivity contribution is 5.59. The molecule has 0 aromatic heterocycles. The molecule has 4 nitrogen and oxygen atoms in total. The molecule has 0 amide bonds. The van der Waals surface area contributed by atoms with Crippen LogP contribution in [0.4, 0.5) is 11.4 Å². The molecule has 0 aliphatic rings. The minimum absolute atomic E-state index is 0.139. The summed E-state index contributed by atoms with van der Waals surface area (Å²) in [5, 5.41) is 12.2. The normalized spacial score (nSPS) is 11.3. The number of nitrogens with one attached hydrogen (secondary N) is 1. The van der Waals surface area contributed by atoms with Crippen LogP contribution in [0.5, 0.6) is 5.75 Å². The standard InChI is InChI=1S/C14H24N2O2/c1-14(2,5-4-6-17)10-16-12-7-11(15)8-13(9-12)18-3/h7-9,16-17H,4-6,10,15H2,1-3H3. The lowest BCUT2D eigenvalue weighted by Crippen LogP contribution is -2.23. The van der Waals surface area contributed by atoms with Gasteiger partial charge in [-0.1, -0.05) is 13.8 Å². The zero-order chi connectivity index (χ0) is 13.6. The fourth-order valence-electron chi connectivity index (χ4n) is 1.83. The predicted molar refractivity (Wildman–Crippen MR) is 76.0 cm³/mol. The van der Waals surface area contributed by atoms with Gasteiger partial charge < -0.3 is 20.9 Å². The third-order valence-corrected chi connectivity index (χ3v) is 2.95. The maximum atomic E-state index is 8.87. The van der Waals surface area contributed by atoms with E-state index in [0.717, 1.165) is 30.8 Å². The Labute approximate surface area is 109 Å². The molecule has 0 aliphatic carbocycles. The fourth-order valence-corrected chi connectivity index (χ4v) is 1.83. The number of aliphatic hydroxyl groups excluding tert-OH is 1. The van der Waals surface area contributed by atoms with Crippen LogP contribution < -0.4 is 15.8 Å². The van der Waals surface area contributed by atoms with Gasteiger partial charge in [-0.25, -0.2) is 0 Å². The number of ether oxygens (including phenoxy) is 1. The molecule has 0 fully saturated rings. The number of rotatable bonds is 7. The van der Waals surface area contributed by atoms with Gasteiger partial charge in [0.05, 0.1) is 7.11 Å². The van der Waals surface area contributed by atoms with Gasteiger partial charge in [-0.2, -0.15) is 0 Å². The molecular weight excluding hydrogens is 228 g/mol. The molecule has 0 atom stereocenters. The number of benzene rings is 1. The summed E-state index contributed by atoms with van der Waals surface area (Å²) in [5.41, 5.74) is 7.59. The quantitative estimate of drug-likeness (QED) is 0.652. The summed E-state index contributed by atoms with van der Waals surface area (Å²) in [5.74, 6) is 0.755. The molecular formula is C14H24N2O2. The molecule has 18 heavy (non-hydrogen) atoms. The summed E-state index contributed by atoms with van der Waals surface area (Å²) in [6.07, 6.45) is 1.81. The molecule has 0 radical (unpaired) electrons. The van der Waals surface area contributed by atoms with Crippen molar-refractivity contribution in [3.05, 3.63) is 18.2 Å². The Morgan fingerprint density at radius 3 is 2.67 bits per heavy atom. The van der Waals surface area contributed by atoms with E-state index < -0.39 is 0 Å². The molecule has 0 saturated heterocycles. The summed E-state index contributed by atoms with van der Waals surface area (Å²) < 4.78 is 5.18. The number of hydrogen-bond acceptors (Lipinski definition) is 4. The predicted octanol–water partition coefficient (Wildman–Crippen LogP) is 2.49. The van der Waals surface area contributed by atoms with E-state index in [1.165, 1.54) is 0 Å². The summed E-state index contributed by atoms with van der Waals surface area (Å²) in [6, 6.07) is 5.62. The van der Waals surface area contributed by atoms with E-state index in [4.69, 9.17) is 15.6 Å². The lowest BCUT2D eigenvalue weighted by atomic mass is 9.88. The Morgan fingerprint density at radius 1 is 1.33 bits per heavy atom. The number of anilines is 2. The second-order valence-corrected chi connectivity index (χ2v) is 5.34. The molecule has 1 aromatic rings. The van der Waals surface area contributed by atoms with Crippen molar-refractivity contribution in [2.24, 2.45) is 5.41 Å². The van der Waals surface area contributed by atoms with Gasteiger partial charge in [-0.15, -0.1) is 0 Å². The topological polar surface area (TPSA) is 67.5 Å². The summed E-state index contributed by atoms with van der Waals surface area (Å²) >= 11 is 0. The Bertz CT molecular complexity index is 378. The van der Waals surface area contributed by atoms with Crippen LogP contribution >= 0.6 is 0 Å². The van der Waals surface area contributed by atoms with Crippen molar-refractivity contribution in [2.75, 3.05) is 31.3 Å². The van der Waals surface area contributed by atoms with Crippen molar-refractivity contribution in [2.45, 2.75) is 26.7 Å². The average Bonchev–Trinajstić information content (AvgIpc) is 2.33. The van der Waals surface area contributed by atoms with E-state index in [1.54, 1.807) is 13.2 Å². The molecule has 4 N–H and O–H groups in total. The van der Waals surface area contributed by atoms with Gasteiger partial charge in [0.15, 0.2) is 0 Å². The molecule has 0 heterocycles. The maximum absolute atomic E-state index is 8.87. The Kier molecular flexibility index (Phi) is 5.28. The first-order valence-corrected chi connectivity index (χ1v) is 6.26. The van der Waals surface area contributed by atoms with Crippen LogP contribution in [0.2, 0.25) is 0 Å². The monoisotopic (exact) mass is 252 g/mol. The molecule has 1 rings (SSSR count). The largest absolute Gasteiger partial charge is 0.497 e. The summed E-state index contributed by atoms with van der Waals surface area (Å²) in [7, 11) is 1.63. The third-order valence-electron chi connectivity index (χ3n) is 2.95. The molecule has 0 bridgehead atoms. The average molecular weight is 252 g/mol. The molecule has 0 saturated carbocycles. The van der Waals surface area contributed by atoms with E-state index in [-0.39, 0.29) is 12.0 Å². The SMILES string of the molecule is COc1cc(N)cc(NCC(C)(C)CCCO)c1. The van der Waals surface area contributed by atoms with Crippen LogP contribution in [0.15, 0.2) is 18.2 Å². The Morgan fingerprint density at radius 2 is 2.06 bits per heavy atom. The molecule has 0 unspecified atom stereocenters. The van der Waals surface area contributed by atoms with E-state index >= 15 is 0 Å². The highest BCUT2D eigenvalue weighted by atomic mass is 16.5. The van der Waals surface area contributed by atoms with Gasteiger partial charge in [-0.05, 0) is 24.3 Å². The highest BCUT2D eigenvalue weighted by Crippen LogP contribution is 2.26. The summed E-state index contributed by atoms with van der Waals surface area (Å²) in [6.45, 7) is 5.44. The van der Waals surface area contributed by atoms with Gasteiger partial charge in [0.25, 0.3) is 0 Å². The van der Waals surface area contributed by atoms with E-state index in [0.29, 0.717) is 5.69 Å². The van der Waals surface area contributed by atoms with Crippen LogP contribution in [-0.4, -0.2) is 25.4 Å². The van der Waals surface area contributed by atoms with Crippen LogP contribution in [-0.2, 0) is 0 Å². The van der Waals surface area contributed by atoms with E-state index in [9.17, 15) is 0 Å². The van der Waals surface area contributed by atoms with Crippen molar-refractivity contribution in [3.8, 4) is 5.75 Å². The van der Waals surface area contributed by atoms with Crippen molar-refractivity contribution in [1.29, 1.82) is 0 Å². The van der Waals surface area contributed by atoms with Crippen molar-refractivity contribution >= 4 is 11.4 Å². The van der Waals surface area contributed by atoms with Gasteiger partial charge in [-0.3, -0.25) is 0 Å². The molecule has 0 spiro atoms. The minimum Gasteiger partial charge on any atom is -0.497 e. The number of aliphatic hydroxyl groups is 1. The number of nitrogens with two attached hydrogens (primary N) is 1. The fraction of sp³-hybridized carbons (Fsp3) is 0.571. The zero-order valence-corrected chi connectivity index (χ0v) is 11.5. The Balaban J connectivity index is 2.59. The number of nitrogen functional groups attached to an aromatic ring is 1. The zero-order valence-electron chi connectivity index (χ0n) is 11.5. The second kappa shape index (κ2) is 6.50. The van der Waals surface area contributed by atoms with Gasteiger partial charge in [0.1, 0.15) is 5.75 Å². The number of methoxy groups -OCH3 is 1. The van der Waals surface area contributed by atoms with Crippen LogP contribution in [0.25, 0.3) is 0 Å². The number of hydrogen-bond donors (Lipinski definition) is 3. The van der Waals surface area contributed by atoms with Crippen LogP contribution in [0.3, 0.4) is 0 Å². The molecule has 102 valence electrons. The molecule has 1 aromatic carbocycles. The van der Waals surface area contributed by atoms with Gasteiger partial charge >= 0.3 is 0 Å². The first-order chi connectivity index (χ1) is 8.46. The van der Waals surface area contributed by atoms with Gasteiger partial charge in [0.2, 0.25) is 0 Å². The third kappa shape index (κ3) is 4.84. The lowest BCUT2D eigenvalue weighted by molar-refractivity contribution is 0.248. The molecule has 0 aliphatic heterocycles. The van der Waals surface area contributed by atoms with Gasteiger partial charge in [0, 0.05) is 36.7 Å². The second-order valence-electron chi connectivity index (χ2n) is 5.34. The summed E-state index contributed by atoms with van der Waals surface area (Å²) in [4.78, 5) is 0. The van der Waals surface area contributed by atoms with Crippen LogP contribution in [0.1, 0.15) is 26.7 Å². The van der Waals surface area contributed by atoms with Crippen molar-refractivity contribution in [3.63, 3.8) is 0 Å². The smallest absolute Gasteiger partial charge is 0.122 e.